The average Bonchev–Trinajstić information content (AvgIpc) is 3.15. The van der Waals surface area contributed by atoms with E-state index in [1.807, 2.05) is 11.9 Å². The van der Waals surface area contributed by atoms with Gasteiger partial charge in [-0.3, -0.25) is 9.69 Å². The first kappa shape index (κ1) is 20.1. The van der Waals surface area contributed by atoms with Crippen LogP contribution in [0.1, 0.15) is 45.1 Å². The van der Waals surface area contributed by atoms with E-state index in [0.717, 1.165) is 18.5 Å². The van der Waals surface area contributed by atoms with Crippen LogP contribution in [0.5, 0.6) is 0 Å². The molecule has 146 valence electrons. The Morgan fingerprint density at radius 1 is 1.15 bits per heavy atom. The summed E-state index contributed by atoms with van der Waals surface area (Å²) in [6, 6.07) is 9.19. The number of carbonyl (C=O) groups excluding carboxylic acids is 1. The molecule has 1 aromatic heterocycles. The lowest BCUT2D eigenvalue weighted by Gasteiger charge is -2.42. The van der Waals surface area contributed by atoms with E-state index < -0.39 is 0 Å². The van der Waals surface area contributed by atoms with Gasteiger partial charge in [-0.05, 0) is 62.2 Å². The fourth-order valence-corrected chi connectivity index (χ4v) is 5.04. The number of hydrogen-bond acceptors (Lipinski definition) is 3. The standard InChI is InChI=1S/C23H32N2OS/c1-17(2)12-14-24(3)20-9-5-6-10-21(20)25(4)23(26)16-18-8-7-11-22-19(18)13-15-27-22/h7-8,11-13,15,20-21H,5-6,9-10,14,16H2,1-4H3/t20-,21-/m1/s1. The predicted molar refractivity (Wildman–Crippen MR) is 116 cm³/mol. The number of amides is 1. The number of rotatable bonds is 6. The SMILES string of the molecule is CC(C)=CCN(C)[C@@H]1CCCC[C@H]1N(C)C(=O)Cc1cccc2sccc12. The molecule has 1 amide bonds. The smallest absolute Gasteiger partial charge is 0.227 e. The minimum absolute atomic E-state index is 0.237. The normalized spacial score (nSPS) is 20.0. The second kappa shape index (κ2) is 9.03. The number of nitrogens with zero attached hydrogens (tertiary/aromatic N) is 2. The average molecular weight is 385 g/mol. The molecular formula is C23H32N2OS. The summed E-state index contributed by atoms with van der Waals surface area (Å²) in [7, 11) is 4.21. The third-order valence-corrected chi connectivity index (χ3v) is 6.75. The molecule has 2 atom stereocenters. The molecule has 0 radical (unpaired) electrons. The number of hydrogen-bond donors (Lipinski definition) is 0. The fraction of sp³-hybridized carbons (Fsp3) is 0.522. The lowest BCUT2D eigenvalue weighted by Crippen LogP contribution is -2.53. The molecule has 3 nitrogen and oxygen atoms in total. The summed E-state index contributed by atoms with van der Waals surface area (Å²) in [5.41, 5.74) is 2.50. The maximum atomic E-state index is 13.1. The second-order valence-electron chi connectivity index (χ2n) is 8.07. The van der Waals surface area contributed by atoms with Crippen LogP contribution >= 0.6 is 11.3 Å². The van der Waals surface area contributed by atoms with Crippen molar-refractivity contribution in [1.29, 1.82) is 0 Å². The lowest BCUT2D eigenvalue weighted by atomic mass is 9.88. The van der Waals surface area contributed by atoms with E-state index in [4.69, 9.17) is 0 Å². The Bertz CT molecular complexity index is 806. The van der Waals surface area contributed by atoms with Gasteiger partial charge in [-0.2, -0.15) is 0 Å². The zero-order valence-electron chi connectivity index (χ0n) is 17.1. The molecule has 0 spiro atoms. The van der Waals surface area contributed by atoms with Gasteiger partial charge in [0.2, 0.25) is 5.91 Å². The molecule has 4 heteroatoms. The zero-order chi connectivity index (χ0) is 19.4. The molecule has 0 aliphatic heterocycles. The molecule has 0 bridgehead atoms. The lowest BCUT2D eigenvalue weighted by molar-refractivity contribution is -0.133. The Hall–Kier alpha value is -1.65. The van der Waals surface area contributed by atoms with Crippen molar-refractivity contribution in [3.8, 4) is 0 Å². The second-order valence-corrected chi connectivity index (χ2v) is 9.02. The van der Waals surface area contributed by atoms with Crippen LogP contribution in [-0.4, -0.2) is 48.4 Å². The molecule has 1 aliphatic rings. The van der Waals surface area contributed by atoms with E-state index >= 15 is 0 Å². The maximum absolute atomic E-state index is 13.1. The molecule has 0 N–H and O–H groups in total. The van der Waals surface area contributed by atoms with Crippen molar-refractivity contribution in [3.63, 3.8) is 0 Å². The third-order valence-electron chi connectivity index (χ3n) is 5.87. The molecule has 27 heavy (non-hydrogen) atoms. The van der Waals surface area contributed by atoms with Crippen molar-refractivity contribution in [2.24, 2.45) is 0 Å². The molecular weight excluding hydrogens is 352 g/mol. The van der Waals surface area contributed by atoms with E-state index in [0.29, 0.717) is 18.5 Å². The fourth-order valence-electron chi connectivity index (χ4n) is 4.20. The van der Waals surface area contributed by atoms with Crippen LogP contribution in [0.2, 0.25) is 0 Å². The van der Waals surface area contributed by atoms with Gasteiger partial charge in [0.05, 0.1) is 6.42 Å². The molecule has 0 saturated heterocycles. The largest absolute Gasteiger partial charge is 0.341 e. The first-order valence-electron chi connectivity index (χ1n) is 10.0. The summed E-state index contributed by atoms with van der Waals surface area (Å²) < 4.78 is 1.26. The predicted octanol–water partition coefficient (Wildman–Crippen LogP) is 5.11. The minimum Gasteiger partial charge on any atom is -0.341 e. The van der Waals surface area contributed by atoms with Crippen molar-refractivity contribution in [1.82, 2.24) is 9.80 Å². The number of thiophene rings is 1. The summed E-state index contributed by atoms with van der Waals surface area (Å²) in [5, 5.41) is 3.34. The maximum Gasteiger partial charge on any atom is 0.227 e. The highest BCUT2D eigenvalue weighted by Crippen LogP contribution is 2.28. The van der Waals surface area contributed by atoms with Crippen molar-refractivity contribution in [2.45, 2.75) is 58.0 Å². The van der Waals surface area contributed by atoms with Crippen molar-refractivity contribution in [3.05, 3.63) is 46.9 Å². The van der Waals surface area contributed by atoms with Gasteiger partial charge in [0.15, 0.2) is 0 Å². The summed E-state index contributed by atoms with van der Waals surface area (Å²) in [6.45, 7) is 5.25. The number of fused-ring (bicyclic) bond motifs is 1. The molecule has 1 aromatic carbocycles. The summed E-state index contributed by atoms with van der Waals surface area (Å²) in [5.74, 6) is 0.237. The highest BCUT2D eigenvalue weighted by Gasteiger charge is 2.33. The third kappa shape index (κ3) is 4.80. The Morgan fingerprint density at radius 3 is 2.63 bits per heavy atom. The molecule has 1 aliphatic carbocycles. The number of likely N-dealkylation sites (N-methyl/N-ethyl adjacent to an activating group) is 2. The Labute approximate surface area is 167 Å². The highest BCUT2D eigenvalue weighted by molar-refractivity contribution is 7.17. The molecule has 1 fully saturated rings. The van der Waals surface area contributed by atoms with Gasteiger partial charge in [-0.25, -0.2) is 0 Å². The number of allylic oxidation sites excluding steroid dienone is 1. The van der Waals surface area contributed by atoms with Crippen molar-refractivity contribution < 1.29 is 4.79 Å². The van der Waals surface area contributed by atoms with Crippen LogP contribution in [0.3, 0.4) is 0 Å². The van der Waals surface area contributed by atoms with Crippen LogP contribution in [0.15, 0.2) is 41.3 Å². The van der Waals surface area contributed by atoms with Gasteiger partial charge in [0, 0.05) is 30.4 Å². The monoisotopic (exact) mass is 384 g/mol. The summed E-state index contributed by atoms with van der Waals surface area (Å²) >= 11 is 1.74. The number of benzene rings is 1. The minimum atomic E-state index is 0.237. The Kier molecular flexibility index (Phi) is 6.72. The quantitative estimate of drug-likeness (QED) is 0.646. The summed E-state index contributed by atoms with van der Waals surface area (Å²) in [6.07, 6.45) is 7.53. The topological polar surface area (TPSA) is 23.6 Å². The zero-order valence-corrected chi connectivity index (χ0v) is 17.9. The Morgan fingerprint density at radius 2 is 1.89 bits per heavy atom. The van der Waals surface area contributed by atoms with E-state index in [2.05, 4.69) is 61.5 Å². The van der Waals surface area contributed by atoms with Gasteiger partial charge in [0.25, 0.3) is 0 Å². The van der Waals surface area contributed by atoms with Crippen molar-refractivity contribution >= 4 is 27.3 Å². The van der Waals surface area contributed by atoms with Crippen molar-refractivity contribution in [2.75, 3.05) is 20.6 Å². The molecule has 2 aromatic rings. The first-order chi connectivity index (χ1) is 13.0. The van der Waals surface area contributed by atoms with Gasteiger partial charge < -0.3 is 4.90 Å². The van der Waals surface area contributed by atoms with Crippen LogP contribution in [0, 0.1) is 0 Å². The van der Waals surface area contributed by atoms with Crippen LogP contribution in [-0.2, 0) is 11.2 Å². The van der Waals surface area contributed by atoms with Gasteiger partial charge in [-0.15, -0.1) is 11.3 Å². The Balaban J connectivity index is 1.72. The van der Waals surface area contributed by atoms with E-state index in [1.165, 1.54) is 34.9 Å². The molecule has 3 rings (SSSR count). The molecule has 1 heterocycles. The van der Waals surface area contributed by atoms with E-state index in [9.17, 15) is 4.79 Å². The van der Waals surface area contributed by atoms with Gasteiger partial charge >= 0.3 is 0 Å². The van der Waals surface area contributed by atoms with E-state index in [-0.39, 0.29) is 5.91 Å². The van der Waals surface area contributed by atoms with Gasteiger partial charge in [0.1, 0.15) is 0 Å². The van der Waals surface area contributed by atoms with E-state index in [1.54, 1.807) is 11.3 Å². The number of carbonyl (C=O) groups is 1. The van der Waals surface area contributed by atoms with Crippen LogP contribution in [0.25, 0.3) is 10.1 Å². The molecule has 0 unspecified atom stereocenters. The first-order valence-corrected chi connectivity index (χ1v) is 10.9. The van der Waals surface area contributed by atoms with Gasteiger partial charge in [-0.1, -0.05) is 36.6 Å². The van der Waals surface area contributed by atoms with Crippen LogP contribution in [0.4, 0.5) is 0 Å². The van der Waals surface area contributed by atoms with Crippen LogP contribution < -0.4 is 0 Å². The highest BCUT2D eigenvalue weighted by atomic mass is 32.1. The summed E-state index contributed by atoms with van der Waals surface area (Å²) in [4.78, 5) is 17.6. The molecule has 1 saturated carbocycles.